The van der Waals surface area contributed by atoms with Gasteiger partial charge >= 0.3 is 5.69 Å². The van der Waals surface area contributed by atoms with Gasteiger partial charge in [-0.2, -0.15) is 5.26 Å². The van der Waals surface area contributed by atoms with Gasteiger partial charge in [0.25, 0.3) is 14.1 Å². The van der Waals surface area contributed by atoms with Gasteiger partial charge in [-0.1, -0.05) is 66.7 Å². The zero-order valence-electron chi connectivity index (χ0n) is 33.1. The summed E-state index contributed by atoms with van der Waals surface area (Å²) in [5, 5.41) is 9.33. The second-order valence-electron chi connectivity index (χ2n) is 13.0. The van der Waals surface area contributed by atoms with E-state index in [2.05, 4.69) is 11.1 Å². The quantitative estimate of drug-likeness (QED) is 0.0530. The summed E-state index contributed by atoms with van der Waals surface area (Å²) in [6.45, 7) is 7.98. The number of nitrogens with zero attached hydrogens (tertiary/aromatic N) is 3. The molecule has 6 atom stereocenters. The predicted octanol–water partition coefficient (Wildman–Crippen LogP) is 6.82. The lowest BCUT2D eigenvalue weighted by Crippen LogP contribution is -2.40. The highest BCUT2D eigenvalue weighted by Crippen LogP contribution is 2.51. The van der Waals surface area contributed by atoms with Crippen LogP contribution in [0.2, 0.25) is 0 Å². The minimum atomic E-state index is -1.93. The predicted molar refractivity (Wildman–Crippen MR) is 203 cm³/mol. The Morgan fingerprint density at radius 3 is 2.15 bits per heavy atom. The topological polar surface area (TPSA) is 137 Å². The molecule has 0 spiro atoms. The fourth-order valence-corrected chi connectivity index (χ4v) is 8.16. The smallest absolute Gasteiger partial charge is 0.330 e. The average molecular weight is 752 g/mol. The van der Waals surface area contributed by atoms with E-state index in [1.807, 2.05) is 111 Å². The van der Waals surface area contributed by atoms with Crippen molar-refractivity contribution in [3.05, 3.63) is 128 Å². The standard InChI is InChI=1S/C40H49N4O8P/c1-27(2)44(28(3)4)53(50-23-15-22-41)52-35-24-37(43-25-29(5)38(45)42-39(43)46)51-36(35)26-49-40(30-16-9-8-10-17-30,31-18-11-13-20-33(31)47-6)32-19-12-14-21-34(32)48-7/h8-14,16-21,25,27-28,35-37H,15,23-24,26H2,1-7H3,(H,42,45,46)/t35-,36+,37+,53?/m0/s1/i24+1D,26+1D,35+1,36+1,37+1/t24-,26?,35+,36-,37-,53?/m1. The van der Waals surface area contributed by atoms with Crippen LogP contribution in [0.4, 0.5) is 0 Å². The molecule has 4 aromatic rings. The van der Waals surface area contributed by atoms with E-state index in [-0.39, 0.29) is 30.7 Å². The van der Waals surface area contributed by atoms with E-state index in [1.165, 1.54) is 6.20 Å². The third-order valence-electron chi connectivity index (χ3n) is 8.80. The van der Waals surface area contributed by atoms with Crippen molar-refractivity contribution in [1.82, 2.24) is 14.2 Å². The Kier molecular flexibility index (Phi) is 12.7. The van der Waals surface area contributed by atoms with Gasteiger partial charge in [-0.05, 0) is 52.3 Å². The van der Waals surface area contributed by atoms with Gasteiger partial charge < -0.3 is 28.0 Å². The number of rotatable bonds is 17. The molecule has 1 aliphatic heterocycles. The van der Waals surface area contributed by atoms with Gasteiger partial charge in [0.1, 0.15) is 23.8 Å². The van der Waals surface area contributed by atoms with Crippen LogP contribution < -0.4 is 20.7 Å². The molecule has 1 fully saturated rings. The fourth-order valence-electron chi connectivity index (χ4n) is 6.46. The highest BCUT2D eigenvalue weighted by atomic mass is 31.2. The molecule has 3 aromatic carbocycles. The minimum absolute atomic E-state index is 0.0664. The number of benzene rings is 3. The van der Waals surface area contributed by atoms with Gasteiger partial charge in [0, 0.05) is 42.7 Å². The molecule has 1 N–H and O–H groups in total. The van der Waals surface area contributed by atoms with Crippen LogP contribution >= 0.6 is 8.53 Å². The largest absolute Gasteiger partial charge is 0.496 e. The molecule has 0 radical (unpaired) electrons. The summed E-state index contributed by atoms with van der Waals surface area (Å²) < 4.78 is 61.1. The van der Waals surface area contributed by atoms with E-state index in [0.29, 0.717) is 28.2 Å². The Hall–Kier alpha value is -4.34. The lowest BCUT2D eigenvalue weighted by Gasteiger charge is -2.39. The monoisotopic (exact) mass is 751 g/mol. The highest BCUT2D eigenvalue weighted by Gasteiger charge is 2.46. The van der Waals surface area contributed by atoms with E-state index < -0.39 is 56.8 Å². The molecule has 2 heterocycles. The maximum absolute atomic E-state index is 13.3. The molecule has 1 aromatic heterocycles. The van der Waals surface area contributed by atoms with Crippen molar-refractivity contribution in [1.29, 1.82) is 5.26 Å². The Balaban J connectivity index is 1.71. The van der Waals surface area contributed by atoms with Gasteiger partial charge in [0.2, 0.25) is 0 Å². The Bertz CT molecular complexity index is 1990. The van der Waals surface area contributed by atoms with Crippen molar-refractivity contribution >= 4 is 8.53 Å². The number of H-pyrrole nitrogens is 1. The number of para-hydroxylation sites is 2. The summed E-state index contributed by atoms with van der Waals surface area (Å²) in [5.41, 5.74) is -0.876. The van der Waals surface area contributed by atoms with Gasteiger partial charge in [-0.3, -0.25) is 14.3 Å². The molecule has 2 unspecified atom stereocenters. The van der Waals surface area contributed by atoms with Crippen LogP contribution in [-0.4, -0.2) is 65.9 Å². The molecule has 0 aliphatic carbocycles. The van der Waals surface area contributed by atoms with E-state index in [1.54, 1.807) is 21.1 Å². The van der Waals surface area contributed by atoms with Crippen molar-refractivity contribution in [3.63, 3.8) is 0 Å². The molecule has 5 rings (SSSR count). The zero-order valence-corrected chi connectivity index (χ0v) is 32.0. The van der Waals surface area contributed by atoms with E-state index >= 15 is 0 Å². The van der Waals surface area contributed by atoms with Crippen LogP contribution in [0.15, 0.2) is 94.6 Å². The fraction of sp³-hybridized carbons (Fsp3) is 0.425. The van der Waals surface area contributed by atoms with E-state index in [0.717, 1.165) is 4.57 Å². The van der Waals surface area contributed by atoms with Crippen LogP contribution in [0.3, 0.4) is 0 Å². The second-order valence-corrected chi connectivity index (χ2v) is 14.4. The number of hydrogen-bond acceptors (Lipinski definition) is 10. The SMILES string of the molecule is [2H][13CH](OC(c1ccccc1)(c1ccccc1OC)c1ccccc1OC)[13C@H]1O[13C@@H](n2cc(C)c(=O)[nH]c2=O)[13C@H]([2H])[13C@@H]1OP(OCCC#N)N(C(C)C)C(C)C. The zero-order chi connectivity index (χ0) is 39.9. The maximum atomic E-state index is 13.3. The van der Waals surface area contributed by atoms with Gasteiger partial charge in [0.05, 0.1) is 47.4 Å². The van der Waals surface area contributed by atoms with Crippen molar-refractivity contribution in [3.8, 4) is 17.6 Å². The molecule has 0 amide bonds. The van der Waals surface area contributed by atoms with Crippen LogP contribution in [0.1, 0.15) is 71.7 Å². The minimum Gasteiger partial charge on any atom is -0.496 e. The van der Waals surface area contributed by atoms with Crippen molar-refractivity contribution in [2.75, 3.05) is 27.4 Å². The lowest BCUT2D eigenvalue weighted by atomic mass is 9.79. The molecule has 0 saturated carbocycles. The average Bonchev–Trinajstić information content (AvgIpc) is 3.50. The summed E-state index contributed by atoms with van der Waals surface area (Å²) in [5.74, 6) is 0.963. The first-order valence-corrected chi connectivity index (χ1v) is 18.6. The Morgan fingerprint density at radius 1 is 1.00 bits per heavy atom. The molecule has 13 heteroatoms. The second kappa shape index (κ2) is 18.1. The number of aryl methyl sites for hydroxylation is 1. The van der Waals surface area contributed by atoms with Crippen LogP contribution in [0.25, 0.3) is 0 Å². The summed E-state index contributed by atoms with van der Waals surface area (Å²) in [4.78, 5) is 27.9. The number of methoxy groups -OCH3 is 2. The van der Waals surface area contributed by atoms with Crippen LogP contribution in [-0.2, 0) is 24.1 Å². The molecule has 53 heavy (non-hydrogen) atoms. The summed E-state index contributed by atoms with van der Waals surface area (Å²) >= 11 is 0. The van der Waals surface area contributed by atoms with E-state index in [4.69, 9.17) is 28.0 Å². The van der Waals surface area contributed by atoms with Gasteiger partial charge in [0.15, 0.2) is 5.60 Å². The molecular formula is C40H49N4O8P. The molecular weight excluding hydrogens is 700 g/mol. The van der Waals surface area contributed by atoms with Crippen molar-refractivity contribution < 1.29 is 30.7 Å². The van der Waals surface area contributed by atoms with E-state index in [9.17, 15) is 17.6 Å². The first-order valence-electron chi connectivity index (χ1n) is 18.6. The first kappa shape index (κ1) is 37.0. The summed E-state index contributed by atoms with van der Waals surface area (Å²) in [7, 11) is 1.18. The van der Waals surface area contributed by atoms with Crippen molar-refractivity contribution in [2.24, 2.45) is 0 Å². The third kappa shape index (κ3) is 8.73. The third-order valence-corrected chi connectivity index (χ3v) is 10.9. The lowest BCUT2D eigenvalue weighted by molar-refractivity contribution is -0.0933. The Morgan fingerprint density at radius 2 is 1.58 bits per heavy atom. The normalized spacial score (nSPS) is 20.5. The maximum Gasteiger partial charge on any atom is 0.330 e. The first-order chi connectivity index (χ1) is 26.4. The summed E-state index contributed by atoms with van der Waals surface area (Å²) in [6, 6.07) is 26.1. The summed E-state index contributed by atoms with van der Waals surface area (Å²) in [6.07, 6.45) is -3.66. The Labute approximate surface area is 315 Å². The number of aromatic amines is 1. The van der Waals surface area contributed by atoms with Crippen LogP contribution in [0.5, 0.6) is 11.5 Å². The number of aromatic nitrogens is 2. The number of hydrogen-bond donors (Lipinski definition) is 1. The van der Waals surface area contributed by atoms with Gasteiger partial charge in [-0.25, -0.2) is 9.46 Å². The highest BCUT2D eigenvalue weighted by molar-refractivity contribution is 7.44. The van der Waals surface area contributed by atoms with Crippen LogP contribution in [0, 0.1) is 18.3 Å². The molecule has 282 valence electrons. The molecule has 1 aliphatic rings. The van der Waals surface area contributed by atoms with Gasteiger partial charge in [-0.15, -0.1) is 0 Å². The molecule has 0 bridgehead atoms. The number of ether oxygens (including phenoxy) is 4. The van der Waals surface area contributed by atoms with Crippen molar-refractivity contribution in [2.45, 2.75) is 83.6 Å². The molecule has 1 saturated heterocycles. The number of nitriles is 1. The molecule has 12 nitrogen and oxygen atoms in total. The number of nitrogens with one attached hydrogen (secondary N) is 1.